The van der Waals surface area contributed by atoms with E-state index >= 15 is 0 Å². The predicted octanol–water partition coefficient (Wildman–Crippen LogP) is 4.86. The van der Waals surface area contributed by atoms with E-state index in [9.17, 15) is 0 Å². The summed E-state index contributed by atoms with van der Waals surface area (Å²) in [4.78, 5) is 0. The number of hydrogen-bond acceptors (Lipinski definition) is 0. The first-order chi connectivity index (χ1) is 10.0. The summed E-state index contributed by atoms with van der Waals surface area (Å²) in [6.45, 7) is 0. The van der Waals surface area contributed by atoms with Crippen molar-refractivity contribution >= 4 is 20.9 Å². The summed E-state index contributed by atoms with van der Waals surface area (Å²) in [5, 5.41) is 1.42. The Labute approximate surface area is 127 Å². The largest absolute Gasteiger partial charge is 0.335 e. The van der Waals surface area contributed by atoms with Crippen molar-refractivity contribution in [2.24, 2.45) is 0 Å². The summed E-state index contributed by atoms with van der Waals surface area (Å²) in [6, 6.07) is 17.8. The van der Waals surface area contributed by atoms with Gasteiger partial charge in [-0.2, -0.15) is 0 Å². The van der Waals surface area contributed by atoms with E-state index < -0.39 is 10.0 Å². The van der Waals surface area contributed by atoms with Crippen LogP contribution in [0.25, 0.3) is 22.0 Å². The molecule has 1 aromatic heterocycles. The lowest BCUT2D eigenvalue weighted by molar-refractivity contribution is 0.867. The lowest BCUT2D eigenvalue weighted by atomic mass is 10.0. The molecular formula is C19H21NS. The molecule has 4 rings (SSSR count). The van der Waals surface area contributed by atoms with Gasteiger partial charge in [-0.25, -0.2) is 10.0 Å². The normalized spacial score (nSPS) is 14.2. The van der Waals surface area contributed by atoms with Crippen LogP contribution in [0.3, 0.4) is 0 Å². The Bertz CT molecular complexity index is 836. The molecule has 1 heterocycles. The van der Waals surface area contributed by atoms with Crippen molar-refractivity contribution in [3.05, 3.63) is 59.8 Å². The third-order valence-corrected chi connectivity index (χ3v) is 5.27. The topological polar surface area (TPSA) is 4.93 Å². The minimum atomic E-state index is -0.584. The molecule has 0 radical (unpaired) electrons. The zero-order valence-electron chi connectivity index (χ0n) is 12.9. The molecule has 0 spiro atoms. The van der Waals surface area contributed by atoms with Crippen molar-refractivity contribution in [1.29, 1.82) is 0 Å². The molecule has 108 valence electrons. The van der Waals surface area contributed by atoms with Gasteiger partial charge < -0.3 is 4.57 Å². The summed E-state index contributed by atoms with van der Waals surface area (Å²) < 4.78 is 2.58. The van der Waals surface area contributed by atoms with Gasteiger partial charge in [-0.15, -0.1) is 0 Å². The van der Waals surface area contributed by atoms with Crippen LogP contribution in [0.1, 0.15) is 11.3 Å². The number of fused-ring (bicyclic) bond motifs is 5. The van der Waals surface area contributed by atoms with Crippen molar-refractivity contribution in [1.82, 2.24) is 4.57 Å². The fourth-order valence-electron chi connectivity index (χ4n) is 3.47. The Morgan fingerprint density at radius 1 is 0.952 bits per heavy atom. The molecular weight excluding hydrogens is 274 g/mol. The van der Waals surface area contributed by atoms with E-state index in [1.165, 1.54) is 33.3 Å². The molecule has 1 aliphatic carbocycles. The highest BCUT2D eigenvalue weighted by Gasteiger charge is 2.26. The number of para-hydroxylation sites is 1. The maximum Gasteiger partial charge on any atom is 0.0527 e. The second kappa shape index (κ2) is 4.41. The lowest BCUT2D eigenvalue weighted by Gasteiger charge is -2.27. The first-order valence-corrected chi connectivity index (χ1v) is 10.4. The highest BCUT2D eigenvalue weighted by atomic mass is 32.3. The van der Waals surface area contributed by atoms with Crippen LogP contribution in [0.4, 0.5) is 0 Å². The molecule has 2 heteroatoms. The van der Waals surface area contributed by atoms with Crippen molar-refractivity contribution < 1.29 is 0 Å². The van der Waals surface area contributed by atoms with Gasteiger partial charge in [-0.05, 0) is 36.0 Å². The SMILES string of the molecule is CS(C)(C)Cn1c2c(c3ccccc31)-c1ccccc1C2. The third kappa shape index (κ3) is 2.01. The van der Waals surface area contributed by atoms with Crippen LogP contribution < -0.4 is 0 Å². The van der Waals surface area contributed by atoms with E-state index in [-0.39, 0.29) is 0 Å². The standard InChI is InChI=1S/C19H21NS/c1-21(2,3)13-20-17-11-7-6-10-16(17)19-15-9-5-4-8-14(15)12-18(19)20/h4-11H,12-13H2,1-3H3. The fraction of sp³-hybridized carbons (Fsp3) is 0.263. The van der Waals surface area contributed by atoms with E-state index in [1.807, 2.05) is 0 Å². The van der Waals surface area contributed by atoms with E-state index in [4.69, 9.17) is 0 Å². The van der Waals surface area contributed by atoms with E-state index in [0.29, 0.717) is 0 Å². The average Bonchev–Trinajstić information content (AvgIpc) is 2.95. The smallest absolute Gasteiger partial charge is 0.0527 e. The Morgan fingerprint density at radius 2 is 1.67 bits per heavy atom. The maximum absolute atomic E-state index is 2.58. The van der Waals surface area contributed by atoms with Gasteiger partial charge >= 0.3 is 0 Å². The van der Waals surface area contributed by atoms with Crippen LogP contribution in [0.15, 0.2) is 48.5 Å². The van der Waals surface area contributed by atoms with E-state index in [0.717, 1.165) is 12.3 Å². The van der Waals surface area contributed by atoms with Crippen LogP contribution in [-0.2, 0) is 12.3 Å². The number of rotatable bonds is 2. The Morgan fingerprint density at radius 3 is 2.48 bits per heavy atom. The Kier molecular flexibility index (Phi) is 2.74. The van der Waals surface area contributed by atoms with Crippen LogP contribution in [0.2, 0.25) is 0 Å². The van der Waals surface area contributed by atoms with Crippen LogP contribution in [-0.4, -0.2) is 23.3 Å². The summed E-state index contributed by atoms with van der Waals surface area (Å²) in [5.41, 5.74) is 7.31. The van der Waals surface area contributed by atoms with Gasteiger partial charge in [-0.3, -0.25) is 0 Å². The predicted molar refractivity (Wildman–Crippen MR) is 95.5 cm³/mol. The van der Waals surface area contributed by atoms with Crippen molar-refractivity contribution in [3.8, 4) is 11.1 Å². The molecule has 0 amide bonds. The highest BCUT2D eigenvalue weighted by molar-refractivity contribution is 8.31. The number of aromatic nitrogens is 1. The second-order valence-corrected chi connectivity index (χ2v) is 11.3. The molecule has 0 saturated heterocycles. The molecule has 0 aliphatic heterocycles. The molecule has 0 bridgehead atoms. The Hall–Kier alpha value is -1.67. The molecule has 1 aliphatic rings. The van der Waals surface area contributed by atoms with Crippen LogP contribution in [0.5, 0.6) is 0 Å². The molecule has 21 heavy (non-hydrogen) atoms. The average molecular weight is 295 g/mol. The van der Waals surface area contributed by atoms with E-state index in [1.54, 1.807) is 0 Å². The molecule has 1 nitrogen and oxygen atoms in total. The molecule has 0 atom stereocenters. The zero-order valence-corrected chi connectivity index (χ0v) is 13.7. The maximum atomic E-state index is 2.58. The van der Waals surface area contributed by atoms with Crippen molar-refractivity contribution in [2.75, 3.05) is 18.8 Å². The molecule has 3 aromatic rings. The van der Waals surface area contributed by atoms with Gasteiger partial charge in [0.25, 0.3) is 0 Å². The number of hydrogen-bond donors (Lipinski definition) is 0. The van der Waals surface area contributed by atoms with Crippen LogP contribution >= 0.6 is 10.0 Å². The van der Waals surface area contributed by atoms with E-state index in [2.05, 4.69) is 71.9 Å². The minimum Gasteiger partial charge on any atom is -0.335 e. The zero-order chi connectivity index (χ0) is 14.6. The highest BCUT2D eigenvalue weighted by Crippen LogP contribution is 2.46. The van der Waals surface area contributed by atoms with Gasteiger partial charge in [0.1, 0.15) is 0 Å². The van der Waals surface area contributed by atoms with Crippen LogP contribution in [0, 0.1) is 0 Å². The fourth-order valence-corrected chi connectivity index (χ4v) is 4.54. The molecule has 0 N–H and O–H groups in total. The Balaban J connectivity index is 2.03. The van der Waals surface area contributed by atoms with Gasteiger partial charge in [0.05, 0.1) is 5.88 Å². The van der Waals surface area contributed by atoms with Crippen molar-refractivity contribution in [2.45, 2.75) is 12.3 Å². The molecule has 0 saturated carbocycles. The van der Waals surface area contributed by atoms with Gasteiger partial charge in [-0.1, -0.05) is 42.5 Å². The number of nitrogens with zero attached hydrogens (tertiary/aromatic N) is 1. The van der Waals surface area contributed by atoms with Gasteiger partial charge in [0.2, 0.25) is 0 Å². The summed E-state index contributed by atoms with van der Waals surface area (Å²) in [7, 11) is -0.584. The monoisotopic (exact) mass is 295 g/mol. The minimum absolute atomic E-state index is 0.584. The molecule has 0 unspecified atom stereocenters. The quantitative estimate of drug-likeness (QED) is 0.497. The molecule has 2 aromatic carbocycles. The van der Waals surface area contributed by atoms with Crippen molar-refractivity contribution in [3.63, 3.8) is 0 Å². The third-order valence-electron chi connectivity index (χ3n) is 4.24. The summed E-state index contributed by atoms with van der Waals surface area (Å²) in [5.74, 6) is 1.15. The first-order valence-electron chi connectivity index (χ1n) is 7.39. The first kappa shape index (κ1) is 13.0. The van der Waals surface area contributed by atoms with Gasteiger partial charge in [0, 0.05) is 28.6 Å². The number of benzene rings is 2. The summed E-state index contributed by atoms with van der Waals surface area (Å²) >= 11 is 0. The molecule has 0 fully saturated rings. The van der Waals surface area contributed by atoms with Gasteiger partial charge in [0.15, 0.2) is 0 Å². The lowest BCUT2D eigenvalue weighted by Crippen LogP contribution is -2.08. The summed E-state index contributed by atoms with van der Waals surface area (Å²) in [6.07, 6.45) is 8.28. The second-order valence-electron chi connectivity index (χ2n) is 6.82.